The lowest BCUT2D eigenvalue weighted by Crippen LogP contribution is -1.94. The molecule has 8 rings (SSSR count). The fraction of sp³-hybridized carbons (Fsp3) is 0. The van der Waals surface area contributed by atoms with Crippen LogP contribution in [-0.2, 0) is 0 Å². The molecule has 0 amide bonds. The molecular weight excluding hydrogens is 476 g/mol. The topological polar surface area (TPSA) is 38.9 Å². The number of hydrogen-bond donors (Lipinski definition) is 0. The van der Waals surface area contributed by atoms with E-state index in [0.29, 0.717) is 11.4 Å². The molecule has 0 saturated heterocycles. The van der Waals surface area contributed by atoms with Crippen molar-refractivity contribution in [2.45, 2.75) is 0 Å². The normalized spacial score (nSPS) is 11.6. The lowest BCUT2D eigenvalue weighted by molar-refractivity contribution is 0.667. The van der Waals surface area contributed by atoms with Crippen molar-refractivity contribution >= 4 is 43.6 Å². The Balaban J connectivity index is 1.32. The average Bonchev–Trinajstić information content (AvgIpc) is 3.39. The molecule has 0 fully saturated rings. The van der Waals surface area contributed by atoms with Crippen LogP contribution in [0.25, 0.3) is 77.4 Å². The molecule has 0 spiro atoms. The Kier molecular flexibility index (Phi) is 4.82. The molecule has 8 aromatic rings. The smallest absolute Gasteiger partial charge is 0.180 e. The van der Waals surface area contributed by atoms with Gasteiger partial charge in [0.2, 0.25) is 0 Å². The highest BCUT2D eigenvalue weighted by Gasteiger charge is 2.18. The molecule has 0 bridgehead atoms. The van der Waals surface area contributed by atoms with Gasteiger partial charge in [0.15, 0.2) is 11.4 Å². The van der Waals surface area contributed by atoms with Gasteiger partial charge in [0.1, 0.15) is 16.8 Å². The van der Waals surface area contributed by atoms with Crippen LogP contribution in [-0.4, -0.2) is 9.97 Å². The Morgan fingerprint density at radius 3 is 2.00 bits per heavy atom. The Morgan fingerprint density at radius 1 is 0.436 bits per heavy atom. The van der Waals surface area contributed by atoms with E-state index < -0.39 is 0 Å². The minimum Gasteiger partial charge on any atom is -0.452 e. The average molecular weight is 499 g/mol. The standard InChI is InChI=1S/C36H22N2O/c1-2-10-25(11-3-1)33-35-34(30-15-6-7-16-32(30)39-35)38-36(37-33)28-13-8-12-26(21-28)27-20-19-24-18-17-23-9-4-5-14-29(23)31(24)22-27/h1-22H. The van der Waals surface area contributed by atoms with E-state index >= 15 is 0 Å². The number of aromatic nitrogens is 2. The zero-order valence-electron chi connectivity index (χ0n) is 21.0. The number of nitrogens with zero attached hydrogens (tertiary/aromatic N) is 2. The summed E-state index contributed by atoms with van der Waals surface area (Å²) in [7, 11) is 0. The highest BCUT2D eigenvalue weighted by molar-refractivity contribution is 6.09. The predicted octanol–water partition coefficient (Wildman–Crippen LogP) is 9.68. The van der Waals surface area contributed by atoms with E-state index in [4.69, 9.17) is 14.4 Å². The number of hydrogen-bond acceptors (Lipinski definition) is 3. The van der Waals surface area contributed by atoms with Crippen LogP contribution >= 0.6 is 0 Å². The fourth-order valence-electron chi connectivity index (χ4n) is 5.53. The molecule has 0 aliphatic carbocycles. The van der Waals surface area contributed by atoms with Gasteiger partial charge < -0.3 is 4.42 Å². The monoisotopic (exact) mass is 498 g/mol. The van der Waals surface area contributed by atoms with Gasteiger partial charge in [-0.05, 0) is 56.9 Å². The van der Waals surface area contributed by atoms with Gasteiger partial charge in [-0.15, -0.1) is 0 Å². The van der Waals surface area contributed by atoms with E-state index in [9.17, 15) is 0 Å². The van der Waals surface area contributed by atoms with Crippen LogP contribution in [0.2, 0.25) is 0 Å². The third-order valence-corrected chi connectivity index (χ3v) is 7.47. The van der Waals surface area contributed by atoms with Gasteiger partial charge in [-0.2, -0.15) is 0 Å². The molecule has 0 saturated carbocycles. The van der Waals surface area contributed by atoms with Crippen molar-refractivity contribution < 1.29 is 4.42 Å². The minimum atomic E-state index is 0.681. The van der Waals surface area contributed by atoms with Gasteiger partial charge in [-0.1, -0.05) is 109 Å². The van der Waals surface area contributed by atoms with E-state index in [2.05, 4.69) is 97.1 Å². The molecule has 2 heterocycles. The maximum atomic E-state index is 6.27. The maximum absolute atomic E-state index is 6.27. The van der Waals surface area contributed by atoms with Crippen molar-refractivity contribution in [1.82, 2.24) is 9.97 Å². The van der Waals surface area contributed by atoms with Crippen LogP contribution in [0.1, 0.15) is 0 Å². The number of benzene rings is 6. The largest absolute Gasteiger partial charge is 0.452 e. The molecule has 2 aromatic heterocycles. The first-order valence-corrected chi connectivity index (χ1v) is 13.1. The van der Waals surface area contributed by atoms with Crippen LogP contribution in [0.3, 0.4) is 0 Å². The number of para-hydroxylation sites is 1. The molecule has 0 atom stereocenters. The fourth-order valence-corrected chi connectivity index (χ4v) is 5.53. The van der Waals surface area contributed by atoms with E-state index in [1.54, 1.807) is 0 Å². The molecule has 3 nitrogen and oxygen atoms in total. The summed E-state index contributed by atoms with van der Waals surface area (Å²) in [5.74, 6) is 0.681. The Morgan fingerprint density at radius 2 is 1.10 bits per heavy atom. The molecule has 0 unspecified atom stereocenters. The second kappa shape index (κ2) is 8.64. The summed E-state index contributed by atoms with van der Waals surface area (Å²) >= 11 is 0. The van der Waals surface area contributed by atoms with Crippen molar-refractivity contribution in [3.8, 4) is 33.8 Å². The van der Waals surface area contributed by atoms with Gasteiger partial charge in [-0.3, -0.25) is 0 Å². The number of fused-ring (bicyclic) bond motifs is 6. The first kappa shape index (κ1) is 21.8. The van der Waals surface area contributed by atoms with Crippen LogP contribution in [0.5, 0.6) is 0 Å². The molecule has 3 heteroatoms. The minimum absolute atomic E-state index is 0.681. The highest BCUT2D eigenvalue weighted by Crippen LogP contribution is 2.36. The molecule has 39 heavy (non-hydrogen) atoms. The summed E-state index contributed by atoms with van der Waals surface area (Å²) in [5.41, 5.74) is 7.42. The van der Waals surface area contributed by atoms with Crippen molar-refractivity contribution in [1.29, 1.82) is 0 Å². The molecule has 6 aromatic carbocycles. The summed E-state index contributed by atoms with van der Waals surface area (Å²) in [6, 6.07) is 46.4. The van der Waals surface area contributed by atoms with E-state index in [1.807, 2.05) is 36.4 Å². The predicted molar refractivity (Wildman–Crippen MR) is 161 cm³/mol. The van der Waals surface area contributed by atoms with Gasteiger partial charge in [0.05, 0.1) is 0 Å². The third-order valence-electron chi connectivity index (χ3n) is 7.47. The van der Waals surface area contributed by atoms with Crippen molar-refractivity contribution in [3.63, 3.8) is 0 Å². The number of furan rings is 1. The zero-order valence-corrected chi connectivity index (χ0v) is 21.0. The van der Waals surface area contributed by atoms with E-state index in [-0.39, 0.29) is 0 Å². The molecule has 0 aliphatic rings. The first-order chi connectivity index (χ1) is 19.3. The zero-order chi connectivity index (χ0) is 25.8. The summed E-state index contributed by atoms with van der Waals surface area (Å²) in [5, 5.41) is 6.00. The van der Waals surface area contributed by atoms with E-state index in [0.717, 1.165) is 38.9 Å². The Hall–Kier alpha value is -5.28. The summed E-state index contributed by atoms with van der Waals surface area (Å²) in [6.45, 7) is 0. The van der Waals surface area contributed by atoms with Crippen molar-refractivity contribution in [2.24, 2.45) is 0 Å². The van der Waals surface area contributed by atoms with Gasteiger partial charge in [0, 0.05) is 16.5 Å². The van der Waals surface area contributed by atoms with Crippen molar-refractivity contribution in [3.05, 3.63) is 133 Å². The maximum Gasteiger partial charge on any atom is 0.180 e. The lowest BCUT2D eigenvalue weighted by atomic mass is 9.96. The van der Waals surface area contributed by atoms with Crippen LogP contribution in [0, 0.1) is 0 Å². The molecule has 0 N–H and O–H groups in total. The van der Waals surface area contributed by atoms with E-state index in [1.165, 1.54) is 27.1 Å². The number of rotatable bonds is 3. The third kappa shape index (κ3) is 3.59. The molecular formula is C36H22N2O. The Bertz CT molecular complexity index is 2180. The summed E-state index contributed by atoms with van der Waals surface area (Å²) in [6.07, 6.45) is 0. The van der Waals surface area contributed by atoms with Crippen molar-refractivity contribution in [2.75, 3.05) is 0 Å². The molecule has 0 aliphatic heterocycles. The second-order valence-corrected chi connectivity index (χ2v) is 9.84. The van der Waals surface area contributed by atoms with Gasteiger partial charge in [0.25, 0.3) is 0 Å². The SMILES string of the molecule is c1ccc(-c2nc(-c3cccc(-c4ccc5ccc6ccccc6c5c4)c3)nc3c2oc2ccccc23)cc1. The highest BCUT2D eigenvalue weighted by atomic mass is 16.3. The van der Waals surface area contributed by atoms with Gasteiger partial charge in [-0.25, -0.2) is 9.97 Å². The summed E-state index contributed by atoms with van der Waals surface area (Å²) < 4.78 is 6.27. The molecule has 182 valence electrons. The van der Waals surface area contributed by atoms with Crippen LogP contribution in [0.15, 0.2) is 138 Å². The molecule has 0 radical (unpaired) electrons. The van der Waals surface area contributed by atoms with Crippen LogP contribution in [0.4, 0.5) is 0 Å². The second-order valence-electron chi connectivity index (χ2n) is 9.84. The summed E-state index contributed by atoms with van der Waals surface area (Å²) in [4.78, 5) is 10.1. The lowest BCUT2D eigenvalue weighted by Gasteiger charge is -2.10. The van der Waals surface area contributed by atoms with Gasteiger partial charge >= 0.3 is 0 Å². The quantitative estimate of drug-likeness (QED) is 0.228. The van der Waals surface area contributed by atoms with Crippen LogP contribution < -0.4 is 0 Å². The first-order valence-electron chi connectivity index (χ1n) is 13.1. The Labute approximate surface area is 225 Å².